The molecule has 1 aromatic carbocycles. The third kappa shape index (κ3) is 1.35. The van der Waals surface area contributed by atoms with Crippen molar-refractivity contribution in [3.63, 3.8) is 0 Å². The number of hydrogen-bond acceptors (Lipinski definition) is 3. The SMILES string of the molecule is COc1ccc2c(c1)OC[C@@H]2CO. The zero-order chi connectivity index (χ0) is 9.26. The fraction of sp³-hybridized carbons (Fsp3) is 0.400. The van der Waals surface area contributed by atoms with Crippen LogP contribution in [0.25, 0.3) is 0 Å². The number of fused-ring (bicyclic) bond motifs is 1. The number of rotatable bonds is 2. The number of benzene rings is 1. The molecule has 1 aromatic rings. The Bertz CT molecular complexity index is 309. The fourth-order valence-electron chi connectivity index (χ4n) is 1.54. The summed E-state index contributed by atoms with van der Waals surface area (Å²) < 4.78 is 10.5. The second-order valence-electron chi connectivity index (χ2n) is 3.09. The van der Waals surface area contributed by atoms with Gasteiger partial charge >= 0.3 is 0 Å². The summed E-state index contributed by atoms with van der Waals surface area (Å²) in [5.41, 5.74) is 1.07. The Labute approximate surface area is 76.9 Å². The number of aliphatic hydroxyl groups excluding tert-OH is 1. The second-order valence-corrected chi connectivity index (χ2v) is 3.09. The molecule has 70 valence electrons. The summed E-state index contributed by atoms with van der Waals surface area (Å²) in [5, 5.41) is 9.03. The van der Waals surface area contributed by atoms with E-state index in [4.69, 9.17) is 14.6 Å². The maximum Gasteiger partial charge on any atom is 0.126 e. The van der Waals surface area contributed by atoms with Gasteiger partial charge in [-0.3, -0.25) is 0 Å². The van der Waals surface area contributed by atoms with Crippen LogP contribution in [-0.2, 0) is 0 Å². The van der Waals surface area contributed by atoms with Crippen molar-refractivity contribution >= 4 is 0 Å². The van der Waals surface area contributed by atoms with Gasteiger partial charge in [-0.2, -0.15) is 0 Å². The molecule has 13 heavy (non-hydrogen) atoms. The minimum atomic E-state index is 0.126. The largest absolute Gasteiger partial charge is 0.497 e. The lowest BCUT2D eigenvalue weighted by Crippen LogP contribution is -2.04. The molecule has 1 aliphatic heterocycles. The summed E-state index contributed by atoms with van der Waals surface area (Å²) in [6, 6.07) is 5.68. The van der Waals surface area contributed by atoms with Gasteiger partial charge in [-0.25, -0.2) is 0 Å². The topological polar surface area (TPSA) is 38.7 Å². The van der Waals surface area contributed by atoms with E-state index >= 15 is 0 Å². The predicted octanol–water partition coefficient (Wildman–Crippen LogP) is 1.16. The lowest BCUT2D eigenvalue weighted by atomic mass is 10.0. The normalized spacial score (nSPS) is 19.4. The molecule has 3 heteroatoms. The summed E-state index contributed by atoms with van der Waals surface area (Å²) in [5.74, 6) is 1.75. The van der Waals surface area contributed by atoms with Crippen molar-refractivity contribution < 1.29 is 14.6 Å². The van der Waals surface area contributed by atoms with Crippen LogP contribution in [0.5, 0.6) is 11.5 Å². The highest BCUT2D eigenvalue weighted by Gasteiger charge is 2.23. The molecular formula is C10H12O3. The molecule has 1 aliphatic rings. The van der Waals surface area contributed by atoms with Crippen molar-refractivity contribution in [3.8, 4) is 11.5 Å². The Kier molecular flexibility index (Phi) is 2.10. The highest BCUT2D eigenvalue weighted by Crippen LogP contribution is 2.35. The summed E-state index contributed by atoms with van der Waals surface area (Å²) in [6.45, 7) is 0.707. The van der Waals surface area contributed by atoms with Crippen LogP contribution >= 0.6 is 0 Å². The fourth-order valence-corrected chi connectivity index (χ4v) is 1.54. The molecule has 0 unspecified atom stereocenters. The number of hydrogen-bond donors (Lipinski definition) is 1. The molecule has 1 heterocycles. The highest BCUT2D eigenvalue weighted by molar-refractivity contribution is 5.45. The van der Waals surface area contributed by atoms with Crippen LogP contribution in [0.3, 0.4) is 0 Å². The Morgan fingerprint density at radius 3 is 3.15 bits per heavy atom. The van der Waals surface area contributed by atoms with Crippen molar-refractivity contribution in [1.29, 1.82) is 0 Å². The molecule has 1 atom stereocenters. The van der Waals surface area contributed by atoms with Crippen molar-refractivity contribution in [2.75, 3.05) is 20.3 Å². The third-order valence-electron chi connectivity index (χ3n) is 2.32. The standard InChI is InChI=1S/C10H12O3/c1-12-8-2-3-9-7(5-11)6-13-10(9)4-8/h2-4,7,11H,5-6H2,1H3/t7-/m0/s1. The first-order valence-corrected chi connectivity index (χ1v) is 4.26. The van der Waals surface area contributed by atoms with Crippen LogP contribution in [0, 0.1) is 0 Å². The smallest absolute Gasteiger partial charge is 0.126 e. The Morgan fingerprint density at radius 1 is 1.62 bits per heavy atom. The summed E-state index contributed by atoms with van der Waals surface area (Å²) in [7, 11) is 1.63. The van der Waals surface area contributed by atoms with E-state index in [1.165, 1.54) is 0 Å². The molecule has 0 fully saturated rings. The highest BCUT2D eigenvalue weighted by atomic mass is 16.5. The van der Waals surface area contributed by atoms with E-state index in [2.05, 4.69) is 0 Å². The van der Waals surface area contributed by atoms with E-state index in [0.29, 0.717) is 6.61 Å². The van der Waals surface area contributed by atoms with E-state index in [-0.39, 0.29) is 12.5 Å². The molecule has 0 aliphatic carbocycles. The van der Waals surface area contributed by atoms with Crippen LogP contribution in [0.1, 0.15) is 11.5 Å². The molecule has 0 amide bonds. The Balaban J connectivity index is 2.34. The minimum Gasteiger partial charge on any atom is -0.497 e. The molecule has 0 spiro atoms. The second kappa shape index (κ2) is 3.26. The number of aliphatic hydroxyl groups is 1. The average Bonchev–Trinajstić information content (AvgIpc) is 2.59. The minimum absolute atomic E-state index is 0.126. The quantitative estimate of drug-likeness (QED) is 0.742. The van der Waals surface area contributed by atoms with Gasteiger partial charge in [0.2, 0.25) is 0 Å². The van der Waals surface area contributed by atoms with Crippen LogP contribution in [0.15, 0.2) is 18.2 Å². The Hall–Kier alpha value is -1.22. The van der Waals surface area contributed by atoms with Crippen molar-refractivity contribution in [3.05, 3.63) is 23.8 Å². The number of methoxy groups -OCH3 is 1. The van der Waals surface area contributed by atoms with Crippen LogP contribution in [0.2, 0.25) is 0 Å². The van der Waals surface area contributed by atoms with Crippen molar-refractivity contribution in [1.82, 2.24) is 0 Å². The molecule has 3 nitrogen and oxygen atoms in total. The maximum absolute atomic E-state index is 9.03. The first-order valence-electron chi connectivity index (χ1n) is 4.26. The van der Waals surface area contributed by atoms with Gasteiger partial charge in [-0.15, -0.1) is 0 Å². The van der Waals surface area contributed by atoms with Gasteiger partial charge in [0, 0.05) is 17.5 Å². The molecule has 0 aromatic heterocycles. The van der Waals surface area contributed by atoms with Crippen molar-refractivity contribution in [2.45, 2.75) is 5.92 Å². The first kappa shape index (κ1) is 8.38. The zero-order valence-corrected chi connectivity index (χ0v) is 7.49. The lowest BCUT2D eigenvalue weighted by Gasteiger charge is -2.04. The van der Waals surface area contributed by atoms with Crippen LogP contribution in [0.4, 0.5) is 0 Å². The van der Waals surface area contributed by atoms with E-state index in [1.807, 2.05) is 18.2 Å². The van der Waals surface area contributed by atoms with Crippen LogP contribution < -0.4 is 9.47 Å². The lowest BCUT2D eigenvalue weighted by molar-refractivity contribution is 0.232. The summed E-state index contributed by atoms with van der Waals surface area (Å²) in [4.78, 5) is 0. The zero-order valence-electron chi connectivity index (χ0n) is 7.49. The van der Waals surface area contributed by atoms with E-state index in [9.17, 15) is 0 Å². The number of ether oxygens (including phenoxy) is 2. The summed E-state index contributed by atoms with van der Waals surface area (Å²) in [6.07, 6.45) is 0. The molecule has 0 saturated heterocycles. The predicted molar refractivity (Wildman–Crippen MR) is 48.3 cm³/mol. The molecule has 0 saturated carbocycles. The molecule has 1 N–H and O–H groups in total. The van der Waals surface area contributed by atoms with Gasteiger partial charge in [0.15, 0.2) is 0 Å². The van der Waals surface area contributed by atoms with Gasteiger partial charge < -0.3 is 14.6 Å². The molecule has 0 bridgehead atoms. The summed E-state index contributed by atoms with van der Waals surface area (Å²) >= 11 is 0. The molecule has 2 rings (SSSR count). The van der Waals surface area contributed by atoms with Gasteiger partial charge in [0.25, 0.3) is 0 Å². The van der Waals surface area contributed by atoms with E-state index in [0.717, 1.165) is 17.1 Å². The van der Waals surface area contributed by atoms with E-state index in [1.54, 1.807) is 7.11 Å². The monoisotopic (exact) mass is 180 g/mol. The third-order valence-corrected chi connectivity index (χ3v) is 2.32. The van der Waals surface area contributed by atoms with Crippen LogP contribution in [-0.4, -0.2) is 25.4 Å². The first-order chi connectivity index (χ1) is 6.35. The molecular weight excluding hydrogens is 168 g/mol. The molecule has 0 radical (unpaired) electrons. The van der Waals surface area contributed by atoms with Crippen molar-refractivity contribution in [2.24, 2.45) is 0 Å². The van der Waals surface area contributed by atoms with Gasteiger partial charge in [-0.1, -0.05) is 6.07 Å². The average molecular weight is 180 g/mol. The van der Waals surface area contributed by atoms with E-state index < -0.39 is 0 Å². The van der Waals surface area contributed by atoms with Gasteiger partial charge in [0.1, 0.15) is 11.5 Å². The van der Waals surface area contributed by atoms with Gasteiger partial charge in [-0.05, 0) is 6.07 Å². The Morgan fingerprint density at radius 2 is 2.46 bits per heavy atom. The van der Waals surface area contributed by atoms with Gasteiger partial charge in [0.05, 0.1) is 20.3 Å². The maximum atomic E-state index is 9.03.